The normalized spacial score (nSPS) is 18.6. The van der Waals surface area contributed by atoms with Crippen molar-refractivity contribution < 1.29 is 4.79 Å². The summed E-state index contributed by atoms with van der Waals surface area (Å²) in [5.74, 6) is 1.46. The standard InChI is InChI=1S/C20H24N4O/c25-20(24-12-4-5-13-24)17-10-14-23(15-11-17)19-9-8-18(21-22-19)16-6-2-1-3-7-16/h1-3,6-9,17H,4-5,10-15H2. The summed E-state index contributed by atoms with van der Waals surface area (Å²) >= 11 is 0. The molecule has 0 unspecified atom stereocenters. The number of benzene rings is 1. The molecule has 3 heterocycles. The maximum atomic E-state index is 12.5. The summed E-state index contributed by atoms with van der Waals surface area (Å²) < 4.78 is 0. The van der Waals surface area contributed by atoms with Crippen LogP contribution in [0.2, 0.25) is 0 Å². The minimum Gasteiger partial charge on any atom is -0.355 e. The van der Waals surface area contributed by atoms with E-state index in [1.165, 1.54) is 0 Å². The number of carbonyl (C=O) groups excluding carboxylic acids is 1. The van der Waals surface area contributed by atoms with Crippen LogP contribution in [0.5, 0.6) is 0 Å². The highest BCUT2D eigenvalue weighted by atomic mass is 16.2. The molecule has 4 rings (SSSR count). The molecule has 0 aliphatic carbocycles. The zero-order chi connectivity index (χ0) is 17.1. The average molecular weight is 336 g/mol. The number of amides is 1. The quantitative estimate of drug-likeness (QED) is 0.865. The molecule has 25 heavy (non-hydrogen) atoms. The summed E-state index contributed by atoms with van der Waals surface area (Å²) in [7, 11) is 0. The highest BCUT2D eigenvalue weighted by molar-refractivity contribution is 5.79. The maximum Gasteiger partial charge on any atom is 0.225 e. The predicted molar refractivity (Wildman–Crippen MR) is 98.2 cm³/mol. The lowest BCUT2D eigenvalue weighted by Crippen LogP contribution is -2.42. The Morgan fingerprint density at radius 1 is 0.880 bits per heavy atom. The second kappa shape index (κ2) is 7.21. The van der Waals surface area contributed by atoms with Crippen molar-refractivity contribution in [1.82, 2.24) is 15.1 Å². The molecule has 1 aromatic carbocycles. The third-order valence-corrected chi connectivity index (χ3v) is 5.31. The summed E-state index contributed by atoms with van der Waals surface area (Å²) in [6, 6.07) is 14.2. The van der Waals surface area contributed by atoms with Gasteiger partial charge in [0.1, 0.15) is 0 Å². The molecule has 1 aromatic heterocycles. The van der Waals surface area contributed by atoms with E-state index in [-0.39, 0.29) is 5.92 Å². The summed E-state index contributed by atoms with van der Waals surface area (Å²) in [6.07, 6.45) is 4.15. The second-order valence-corrected chi connectivity index (χ2v) is 6.94. The molecule has 5 nitrogen and oxygen atoms in total. The molecule has 2 fully saturated rings. The van der Waals surface area contributed by atoms with Gasteiger partial charge in [-0.25, -0.2) is 0 Å². The largest absolute Gasteiger partial charge is 0.355 e. The lowest BCUT2D eigenvalue weighted by Gasteiger charge is -2.33. The number of hydrogen-bond acceptors (Lipinski definition) is 4. The van der Waals surface area contributed by atoms with E-state index in [0.29, 0.717) is 5.91 Å². The van der Waals surface area contributed by atoms with E-state index in [1.54, 1.807) is 0 Å². The minimum atomic E-state index is 0.186. The Kier molecular flexibility index (Phi) is 4.63. The average Bonchev–Trinajstić information content (AvgIpc) is 3.23. The van der Waals surface area contributed by atoms with Crippen LogP contribution in [-0.2, 0) is 4.79 Å². The van der Waals surface area contributed by atoms with Crippen molar-refractivity contribution in [3.05, 3.63) is 42.5 Å². The first-order valence-corrected chi connectivity index (χ1v) is 9.24. The Hall–Kier alpha value is -2.43. The molecule has 2 aliphatic rings. The third-order valence-electron chi connectivity index (χ3n) is 5.31. The topological polar surface area (TPSA) is 49.3 Å². The highest BCUT2D eigenvalue weighted by Gasteiger charge is 2.30. The summed E-state index contributed by atoms with van der Waals surface area (Å²) in [4.78, 5) is 16.8. The van der Waals surface area contributed by atoms with Crippen LogP contribution in [0.3, 0.4) is 0 Å². The molecule has 130 valence electrons. The summed E-state index contributed by atoms with van der Waals surface area (Å²) in [5, 5.41) is 8.78. The first-order valence-electron chi connectivity index (χ1n) is 9.24. The zero-order valence-corrected chi connectivity index (χ0v) is 14.5. The predicted octanol–water partition coefficient (Wildman–Crippen LogP) is 2.98. The fourth-order valence-electron chi connectivity index (χ4n) is 3.81. The second-order valence-electron chi connectivity index (χ2n) is 6.94. The molecule has 2 aliphatic heterocycles. The fraction of sp³-hybridized carbons (Fsp3) is 0.450. The summed E-state index contributed by atoms with van der Waals surface area (Å²) in [5.41, 5.74) is 1.97. The molecule has 0 atom stereocenters. The van der Waals surface area contributed by atoms with Crippen molar-refractivity contribution in [3.63, 3.8) is 0 Å². The van der Waals surface area contributed by atoms with Crippen molar-refractivity contribution in [3.8, 4) is 11.3 Å². The van der Waals surface area contributed by atoms with Gasteiger partial charge >= 0.3 is 0 Å². The van der Waals surface area contributed by atoms with Gasteiger partial charge in [0.25, 0.3) is 0 Å². The number of carbonyl (C=O) groups is 1. The number of rotatable bonds is 3. The zero-order valence-electron chi connectivity index (χ0n) is 14.5. The van der Waals surface area contributed by atoms with E-state index < -0.39 is 0 Å². The Bertz CT molecular complexity index is 702. The van der Waals surface area contributed by atoms with Gasteiger partial charge in [-0.3, -0.25) is 4.79 Å². The number of likely N-dealkylation sites (tertiary alicyclic amines) is 1. The molecule has 0 spiro atoms. The van der Waals surface area contributed by atoms with Crippen LogP contribution >= 0.6 is 0 Å². The van der Waals surface area contributed by atoms with Gasteiger partial charge in [-0.1, -0.05) is 30.3 Å². The van der Waals surface area contributed by atoms with Crippen LogP contribution in [0.4, 0.5) is 5.82 Å². The SMILES string of the molecule is O=C(C1CCN(c2ccc(-c3ccccc3)nn2)CC1)N1CCCC1. The van der Waals surface area contributed by atoms with Crippen LogP contribution in [0, 0.1) is 5.92 Å². The van der Waals surface area contributed by atoms with Crippen molar-refractivity contribution in [1.29, 1.82) is 0 Å². The van der Waals surface area contributed by atoms with Crippen LogP contribution in [0.15, 0.2) is 42.5 Å². The van der Waals surface area contributed by atoms with Crippen LogP contribution in [0.25, 0.3) is 11.3 Å². The molecular weight excluding hydrogens is 312 g/mol. The van der Waals surface area contributed by atoms with Crippen molar-refractivity contribution in [2.24, 2.45) is 5.92 Å². The van der Waals surface area contributed by atoms with Gasteiger partial charge in [0.05, 0.1) is 5.69 Å². The van der Waals surface area contributed by atoms with Gasteiger partial charge in [-0.15, -0.1) is 10.2 Å². The number of aromatic nitrogens is 2. The van der Waals surface area contributed by atoms with E-state index in [1.807, 2.05) is 42.5 Å². The first-order chi connectivity index (χ1) is 12.3. The fourth-order valence-corrected chi connectivity index (χ4v) is 3.81. The van der Waals surface area contributed by atoms with E-state index in [9.17, 15) is 4.79 Å². The van der Waals surface area contributed by atoms with E-state index >= 15 is 0 Å². The molecule has 0 saturated carbocycles. The van der Waals surface area contributed by atoms with Gasteiger partial charge < -0.3 is 9.80 Å². The maximum absolute atomic E-state index is 12.5. The van der Waals surface area contributed by atoms with Crippen molar-refractivity contribution in [2.75, 3.05) is 31.1 Å². The highest BCUT2D eigenvalue weighted by Crippen LogP contribution is 2.25. The smallest absolute Gasteiger partial charge is 0.225 e. The lowest BCUT2D eigenvalue weighted by molar-refractivity contribution is -0.135. The number of nitrogens with zero attached hydrogens (tertiary/aromatic N) is 4. The van der Waals surface area contributed by atoms with Gasteiger partial charge in [0.15, 0.2) is 5.82 Å². The Balaban J connectivity index is 1.37. The Morgan fingerprint density at radius 2 is 1.60 bits per heavy atom. The Morgan fingerprint density at radius 3 is 2.24 bits per heavy atom. The van der Waals surface area contributed by atoms with E-state index in [4.69, 9.17) is 0 Å². The van der Waals surface area contributed by atoms with E-state index in [2.05, 4.69) is 20.0 Å². The molecule has 1 amide bonds. The van der Waals surface area contributed by atoms with Gasteiger partial charge in [0, 0.05) is 37.7 Å². The van der Waals surface area contributed by atoms with Crippen LogP contribution < -0.4 is 4.90 Å². The van der Waals surface area contributed by atoms with Crippen LogP contribution in [-0.4, -0.2) is 47.2 Å². The van der Waals surface area contributed by atoms with Crippen molar-refractivity contribution >= 4 is 11.7 Å². The van der Waals surface area contributed by atoms with Gasteiger partial charge in [-0.05, 0) is 37.8 Å². The lowest BCUT2D eigenvalue weighted by atomic mass is 9.95. The van der Waals surface area contributed by atoms with Crippen molar-refractivity contribution in [2.45, 2.75) is 25.7 Å². The Labute approximate surface area is 148 Å². The minimum absolute atomic E-state index is 0.186. The van der Waals surface area contributed by atoms with Gasteiger partial charge in [-0.2, -0.15) is 0 Å². The van der Waals surface area contributed by atoms with Gasteiger partial charge in [0.2, 0.25) is 5.91 Å². The number of hydrogen-bond donors (Lipinski definition) is 0. The molecular formula is C20H24N4O. The molecule has 5 heteroatoms. The number of anilines is 1. The van der Waals surface area contributed by atoms with Crippen LogP contribution in [0.1, 0.15) is 25.7 Å². The monoisotopic (exact) mass is 336 g/mol. The molecule has 2 aromatic rings. The molecule has 0 radical (unpaired) electrons. The first kappa shape index (κ1) is 16.1. The third kappa shape index (κ3) is 3.50. The molecule has 0 bridgehead atoms. The summed E-state index contributed by atoms with van der Waals surface area (Å²) in [6.45, 7) is 3.66. The molecule has 2 saturated heterocycles. The number of piperidine rings is 1. The molecule has 0 N–H and O–H groups in total. The van der Waals surface area contributed by atoms with E-state index in [0.717, 1.165) is 68.9 Å².